The predicted molar refractivity (Wildman–Crippen MR) is 85.2 cm³/mol. The molecule has 104 valence electrons. The Morgan fingerprint density at radius 1 is 1.20 bits per heavy atom. The molecule has 0 spiro atoms. The molecule has 1 aromatic carbocycles. The largest absolute Gasteiger partial charge is 0.271 e. The first-order valence-corrected chi connectivity index (χ1v) is 7.41. The summed E-state index contributed by atoms with van der Waals surface area (Å²) in [4.78, 5) is 14.2. The molecule has 20 heavy (non-hydrogen) atoms. The Hall–Kier alpha value is -1.36. The van der Waals surface area contributed by atoms with Gasteiger partial charge in [-0.15, -0.1) is 11.3 Å². The Kier molecular flexibility index (Phi) is 4.81. The summed E-state index contributed by atoms with van der Waals surface area (Å²) in [5.41, 5.74) is 3.68. The summed E-state index contributed by atoms with van der Waals surface area (Å²) < 4.78 is 0. The topological polar surface area (TPSA) is 41.5 Å². The van der Waals surface area contributed by atoms with E-state index in [1.165, 1.54) is 10.9 Å². The summed E-state index contributed by atoms with van der Waals surface area (Å²) in [5, 5.41) is 4.84. The molecule has 0 aliphatic heterocycles. The fourth-order valence-corrected chi connectivity index (χ4v) is 2.63. The molecule has 0 unspecified atom stereocenters. The van der Waals surface area contributed by atoms with Gasteiger partial charge in [0.1, 0.15) is 0 Å². The van der Waals surface area contributed by atoms with Gasteiger partial charge in [-0.25, -0.2) is 5.43 Å². The molecule has 0 atom stereocenters. The Bertz CT molecular complexity index is 680. The number of rotatable bonds is 3. The molecule has 0 aliphatic carbocycles. The third kappa shape index (κ3) is 3.60. The van der Waals surface area contributed by atoms with Crippen LogP contribution in [0.15, 0.2) is 35.4 Å². The van der Waals surface area contributed by atoms with Gasteiger partial charge in [-0.2, -0.15) is 5.10 Å². The second-order valence-electron chi connectivity index (χ2n) is 4.18. The number of carbonyl (C=O) groups excluding carboxylic acids is 1. The average molecular weight is 327 g/mol. The molecule has 0 saturated carbocycles. The highest BCUT2D eigenvalue weighted by atomic mass is 35.5. The number of hydrazone groups is 1. The zero-order valence-corrected chi connectivity index (χ0v) is 13.2. The Balaban J connectivity index is 2.09. The van der Waals surface area contributed by atoms with Crippen molar-refractivity contribution < 1.29 is 4.79 Å². The van der Waals surface area contributed by atoms with Gasteiger partial charge in [0, 0.05) is 10.4 Å². The normalized spacial score (nSPS) is 11.5. The zero-order chi connectivity index (χ0) is 14.7. The van der Waals surface area contributed by atoms with Crippen LogP contribution in [0.2, 0.25) is 10.0 Å². The molecule has 6 heteroatoms. The van der Waals surface area contributed by atoms with Crippen molar-refractivity contribution in [3.63, 3.8) is 0 Å². The van der Waals surface area contributed by atoms with Gasteiger partial charge in [-0.1, -0.05) is 23.2 Å². The lowest BCUT2D eigenvalue weighted by atomic mass is 10.2. The van der Waals surface area contributed by atoms with E-state index in [0.717, 1.165) is 10.6 Å². The molecular weight excluding hydrogens is 315 g/mol. The van der Waals surface area contributed by atoms with E-state index in [9.17, 15) is 4.79 Å². The van der Waals surface area contributed by atoms with Crippen LogP contribution in [0.3, 0.4) is 0 Å². The molecule has 0 saturated heterocycles. The van der Waals surface area contributed by atoms with Crippen LogP contribution in [-0.4, -0.2) is 11.6 Å². The SMILES string of the molecule is CC(=NNC(=O)c1ccc(Cl)c(Cl)c1)c1ccc(C)s1. The van der Waals surface area contributed by atoms with E-state index in [4.69, 9.17) is 23.2 Å². The fraction of sp³-hybridized carbons (Fsp3) is 0.143. The quantitative estimate of drug-likeness (QED) is 0.654. The molecule has 3 nitrogen and oxygen atoms in total. The smallest absolute Gasteiger partial charge is 0.267 e. The lowest BCUT2D eigenvalue weighted by Crippen LogP contribution is -2.19. The summed E-state index contributed by atoms with van der Waals surface area (Å²) in [6.45, 7) is 3.87. The minimum absolute atomic E-state index is 0.323. The van der Waals surface area contributed by atoms with Crippen LogP contribution >= 0.6 is 34.5 Å². The van der Waals surface area contributed by atoms with Crippen molar-refractivity contribution in [1.29, 1.82) is 0 Å². The third-order valence-corrected chi connectivity index (χ3v) is 4.45. The summed E-state index contributed by atoms with van der Waals surface area (Å²) in [6, 6.07) is 8.69. The molecule has 2 rings (SSSR count). The number of halogens is 2. The second-order valence-corrected chi connectivity index (χ2v) is 6.28. The van der Waals surface area contributed by atoms with E-state index in [-0.39, 0.29) is 5.91 Å². The maximum absolute atomic E-state index is 11.9. The van der Waals surface area contributed by atoms with E-state index in [1.54, 1.807) is 23.5 Å². The number of aryl methyl sites for hydroxylation is 1. The first-order valence-electron chi connectivity index (χ1n) is 5.84. The molecule has 1 amide bonds. The Morgan fingerprint density at radius 2 is 1.95 bits per heavy atom. The summed E-state index contributed by atoms with van der Waals surface area (Å²) in [7, 11) is 0. The molecule has 1 heterocycles. The summed E-state index contributed by atoms with van der Waals surface area (Å²) in [5.74, 6) is -0.323. The number of carbonyl (C=O) groups is 1. The van der Waals surface area contributed by atoms with Gasteiger partial charge in [0.15, 0.2) is 0 Å². The van der Waals surface area contributed by atoms with Gasteiger partial charge >= 0.3 is 0 Å². The number of benzene rings is 1. The average Bonchev–Trinajstić information content (AvgIpc) is 2.85. The van der Waals surface area contributed by atoms with E-state index >= 15 is 0 Å². The highest BCUT2D eigenvalue weighted by Gasteiger charge is 2.08. The van der Waals surface area contributed by atoms with Gasteiger partial charge in [0.05, 0.1) is 20.6 Å². The molecule has 1 N–H and O–H groups in total. The number of nitrogens with zero attached hydrogens (tertiary/aromatic N) is 1. The summed E-state index contributed by atoms with van der Waals surface area (Å²) >= 11 is 13.3. The van der Waals surface area contributed by atoms with Crippen molar-refractivity contribution in [1.82, 2.24) is 5.43 Å². The number of amides is 1. The van der Waals surface area contributed by atoms with Gasteiger partial charge in [-0.3, -0.25) is 4.79 Å². The fourth-order valence-electron chi connectivity index (χ4n) is 1.52. The van der Waals surface area contributed by atoms with Crippen molar-refractivity contribution in [3.8, 4) is 0 Å². The zero-order valence-electron chi connectivity index (χ0n) is 10.9. The molecule has 2 aromatic rings. The molecule has 1 aromatic heterocycles. The van der Waals surface area contributed by atoms with Crippen LogP contribution in [0.5, 0.6) is 0 Å². The third-order valence-electron chi connectivity index (χ3n) is 2.60. The van der Waals surface area contributed by atoms with E-state index in [1.807, 2.05) is 26.0 Å². The van der Waals surface area contributed by atoms with Crippen molar-refractivity contribution >= 4 is 46.2 Å². The second kappa shape index (κ2) is 6.39. The molecule has 0 radical (unpaired) electrons. The van der Waals surface area contributed by atoms with Crippen LogP contribution in [0, 0.1) is 6.92 Å². The van der Waals surface area contributed by atoms with E-state index in [0.29, 0.717) is 15.6 Å². The Morgan fingerprint density at radius 3 is 2.55 bits per heavy atom. The van der Waals surface area contributed by atoms with E-state index in [2.05, 4.69) is 10.5 Å². The molecule has 0 aliphatic rings. The van der Waals surface area contributed by atoms with Gasteiger partial charge in [-0.05, 0) is 44.2 Å². The number of hydrogen-bond donors (Lipinski definition) is 1. The first kappa shape index (κ1) is 15.0. The number of hydrogen-bond acceptors (Lipinski definition) is 3. The molecular formula is C14H12Cl2N2OS. The van der Waals surface area contributed by atoms with Crippen molar-refractivity contribution in [2.45, 2.75) is 13.8 Å². The van der Waals surface area contributed by atoms with Crippen LogP contribution in [0.1, 0.15) is 27.0 Å². The van der Waals surface area contributed by atoms with Gasteiger partial charge < -0.3 is 0 Å². The van der Waals surface area contributed by atoms with Crippen LogP contribution < -0.4 is 5.43 Å². The van der Waals surface area contributed by atoms with Crippen molar-refractivity contribution in [3.05, 3.63) is 55.7 Å². The minimum atomic E-state index is -0.323. The van der Waals surface area contributed by atoms with Gasteiger partial charge in [0.2, 0.25) is 0 Å². The Labute approximate surface area is 131 Å². The standard InChI is InChI=1S/C14H12Cl2N2OS/c1-8-3-6-13(20-8)9(2)17-18-14(19)10-4-5-11(15)12(16)7-10/h3-7H,1-2H3,(H,18,19). The maximum Gasteiger partial charge on any atom is 0.271 e. The highest BCUT2D eigenvalue weighted by molar-refractivity contribution is 7.14. The van der Waals surface area contributed by atoms with Crippen LogP contribution in [0.25, 0.3) is 0 Å². The molecule has 0 bridgehead atoms. The molecule has 0 fully saturated rings. The number of nitrogens with one attached hydrogen (secondary N) is 1. The van der Waals surface area contributed by atoms with Crippen LogP contribution in [-0.2, 0) is 0 Å². The van der Waals surface area contributed by atoms with E-state index < -0.39 is 0 Å². The van der Waals surface area contributed by atoms with Crippen molar-refractivity contribution in [2.24, 2.45) is 5.10 Å². The van der Waals surface area contributed by atoms with Gasteiger partial charge in [0.25, 0.3) is 5.91 Å². The predicted octanol–water partition coefficient (Wildman–Crippen LogP) is 4.52. The maximum atomic E-state index is 11.9. The summed E-state index contributed by atoms with van der Waals surface area (Å²) in [6.07, 6.45) is 0. The lowest BCUT2D eigenvalue weighted by molar-refractivity contribution is 0.0955. The number of thiophene rings is 1. The van der Waals surface area contributed by atoms with Crippen LogP contribution in [0.4, 0.5) is 0 Å². The highest BCUT2D eigenvalue weighted by Crippen LogP contribution is 2.22. The lowest BCUT2D eigenvalue weighted by Gasteiger charge is -2.03. The monoisotopic (exact) mass is 326 g/mol. The first-order chi connectivity index (χ1) is 9.47. The minimum Gasteiger partial charge on any atom is -0.267 e. The van der Waals surface area contributed by atoms with Crippen molar-refractivity contribution in [2.75, 3.05) is 0 Å².